The van der Waals surface area contributed by atoms with Crippen LogP contribution in [0, 0.1) is 4.77 Å². The number of nitrogens with zero attached hydrogens (tertiary/aromatic N) is 3. The van der Waals surface area contributed by atoms with Crippen molar-refractivity contribution in [2.75, 3.05) is 0 Å². The topological polar surface area (TPSA) is 86.4 Å². The molecule has 0 amide bonds. The fraction of sp³-hybridized carbons (Fsp3) is 0.0455. The molecule has 30 heavy (non-hydrogen) atoms. The van der Waals surface area contributed by atoms with Crippen molar-refractivity contribution in [3.63, 3.8) is 0 Å². The van der Waals surface area contributed by atoms with Gasteiger partial charge in [-0.05, 0) is 41.5 Å². The first-order chi connectivity index (χ1) is 14.5. The van der Waals surface area contributed by atoms with E-state index in [9.17, 15) is 10.2 Å². The molecular weight excluding hydrogens is 464 g/mol. The highest BCUT2D eigenvalue weighted by molar-refractivity contribution is 9.10. The van der Waals surface area contributed by atoms with Gasteiger partial charge in [-0.1, -0.05) is 76.6 Å². The van der Waals surface area contributed by atoms with Crippen LogP contribution in [0.1, 0.15) is 22.5 Å². The molecule has 0 unspecified atom stereocenters. The molecule has 0 spiro atoms. The van der Waals surface area contributed by atoms with Gasteiger partial charge in [-0.2, -0.15) is 14.9 Å². The lowest BCUT2D eigenvalue weighted by atomic mass is 9.85. The summed E-state index contributed by atoms with van der Waals surface area (Å²) in [5.74, 6) is 0.274. The number of nitrogens with one attached hydrogen (secondary N) is 1. The second-order valence-corrected chi connectivity index (χ2v) is 7.86. The van der Waals surface area contributed by atoms with E-state index in [1.165, 1.54) is 10.9 Å². The van der Waals surface area contributed by atoms with Crippen molar-refractivity contribution in [3.8, 4) is 5.75 Å². The van der Waals surface area contributed by atoms with Gasteiger partial charge in [-0.15, -0.1) is 0 Å². The molecule has 0 bridgehead atoms. The maximum absolute atomic E-state index is 11.9. The maximum Gasteiger partial charge on any atom is 0.216 e. The Morgan fingerprint density at radius 1 is 1.00 bits per heavy atom. The number of hydrogen-bond donors (Lipinski definition) is 3. The van der Waals surface area contributed by atoms with Crippen molar-refractivity contribution in [2.24, 2.45) is 5.10 Å². The van der Waals surface area contributed by atoms with E-state index in [0.29, 0.717) is 16.7 Å². The molecule has 6 nitrogen and oxygen atoms in total. The van der Waals surface area contributed by atoms with Gasteiger partial charge < -0.3 is 10.2 Å². The molecule has 1 aromatic heterocycles. The number of rotatable bonds is 5. The van der Waals surface area contributed by atoms with E-state index >= 15 is 0 Å². The average Bonchev–Trinajstić information content (AvgIpc) is 3.15. The van der Waals surface area contributed by atoms with Gasteiger partial charge in [0.15, 0.2) is 11.4 Å². The van der Waals surface area contributed by atoms with Crippen molar-refractivity contribution < 1.29 is 10.2 Å². The van der Waals surface area contributed by atoms with Gasteiger partial charge in [0.2, 0.25) is 4.77 Å². The van der Waals surface area contributed by atoms with Gasteiger partial charge in [-0.3, -0.25) is 0 Å². The standard InChI is InChI=1S/C22H17BrN4O2S/c23-18-11-12-19(28)15(13-18)14-24-27-20(25-26-21(27)30)22(29,16-7-3-1-4-8-16)17-9-5-2-6-10-17/h1-14,28-29H,(H,26,30)/b24-14+. The summed E-state index contributed by atoms with van der Waals surface area (Å²) in [7, 11) is 0. The first-order valence-corrected chi connectivity index (χ1v) is 10.2. The quantitative estimate of drug-likeness (QED) is 0.288. The number of benzene rings is 3. The van der Waals surface area contributed by atoms with Crippen LogP contribution >= 0.6 is 28.1 Å². The van der Waals surface area contributed by atoms with Crippen molar-refractivity contribution in [3.05, 3.63) is 111 Å². The Labute approximate surface area is 186 Å². The van der Waals surface area contributed by atoms with Gasteiger partial charge in [0, 0.05) is 10.0 Å². The van der Waals surface area contributed by atoms with E-state index in [1.54, 1.807) is 18.2 Å². The highest BCUT2D eigenvalue weighted by atomic mass is 79.9. The SMILES string of the molecule is Oc1ccc(Br)cc1/C=N/n1c(C(O)(c2ccccc2)c2ccccc2)n[nH]c1=S. The molecule has 3 N–H and O–H groups in total. The lowest BCUT2D eigenvalue weighted by Crippen LogP contribution is -2.32. The number of phenols is 1. The van der Waals surface area contributed by atoms with Gasteiger partial charge >= 0.3 is 0 Å². The normalized spacial score (nSPS) is 11.8. The number of H-pyrrole nitrogens is 1. The third-order valence-electron chi connectivity index (χ3n) is 4.66. The van der Waals surface area contributed by atoms with Crippen LogP contribution in [0.5, 0.6) is 5.75 Å². The monoisotopic (exact) mass is 480 g/mol. The minimum Gasteiger partial charge on any atom is -0.507 e. The molecule has 0 fully saturated rings. The Hall–Kier alpha value is -3.07. The number of hydrogen-bond acceptors (Lipinski definition) is 5. The van der Waals surface area contributed by atoms with E-state index in [-0.39, 0.29) is 16.3 Å². The molecule has 4 rings (SSSR count). The molecule has 3 aromatic carbocycles. The fourth-order valence-corrected chi connectivity index (χ4v) is 3.72. The molecule has 0 saturated carbocycles. The molecule has 1 heterocycles. The molecule has 0 aliphatic rings. The molecule has 0 aliphatic carbocycles. The third-order valence-corrected chi connectivity index (χ3v) is 5.42. The maximum atomic E-state index is 11.9. The fourth-order valence-electron chi connectivity index (χ4n) is 3.17. The van der Waals surface area contributed by atoms with Crippen molar-refractivity contribution >= 4 is 34.4 Å². The van der Waals surface area contributed by atoms with E-state index in [2.05, 4.69) is 31.2 Å². The molecule has 0 saturated heterocycles. The number of phenolic OH excluding ortho intramolecular Hbond substituents is 1. The highest BCUT2D eigenvalue weighted by Crippen LogP contribution is 2.35. The third kappa shape index (κ3) is 3.72. The van der Waals surface area contributed by atoms with Gasteiger partial charge in [0.1, 0.15) is 5.75 Å². The van der Waals surface area contributed by atoms with Crippen LogP contribution in [0.4, 0.5) is 0 Å². The minimum atomic E-state index is -1.60. The van der Waals surface area contributed by atoms with Crippen LogP contribution in [-0.4, -0.2) is 31.3 Å². The summed E-state index contributed by atoms with van der Waals surface area (Å²) in [5, 5.41) is 33.5. The van der Waals surface area contributed by atoms with Crippen LogP contribution in [-0.2, 0) is 5.60 Å². The zero-order valence-electron chi connectivity index (χ0n) is 15.6. The summed E-state index contributed by atoms with van der Waals surface area (Å²) in [6.45, 7) is 0. The zero-order chi connectivity index (χ0) is 21.1. The van der Waals surface area contributed by atoms with Crippen LogP contribution in [0.25, 0.3) is 0 Å². The highest BCUT2D eigenvalue weighted by Gasteiger charge is 2.39. The van der Waals surface area contributed by atoms with Crippen molar-refractivity contribution in [1.29, 1.82) is 0 Å². The van der Waals surface area contributed by atoms with E-state index in [1.807, 2.05) is 60.7 Å². The molecule has 4 aromatic rings. The first kappa shape index (κ1) is 20.2. The molecule has 8 heteroatoms. The number of aromatic amines is 1. The van der Waals surface area contributed by atoms with E-state index in [0.717, 1.165) is 4.47 Å². The predicted octanol–water partition coefficient (Wildman–Crippen LogP) is 4.58. The average molecular weight is 481 g/mol. The second kappa shape index (κ2) is 8.35. The van der Waals surface area contributed by atoms with Crippen molar-refractivity contribution in [1.82, 2.24) is 14.9 Å². The smallest absolute Gasteiger partial charge is 0.216 e. The summed E-state index contributed by atoms with van der Waals surface area (Å²) in [6, 6.07) is 23.4. The molecule has 0 atom stereocenters. The Balaban J connectivity index is 1.90. The summed E-state index contributed by atoms with van der Waals surface area (Å²) >= 11 is 8.74. The molecule has 150 valence electrons. The van der Waals surface area contributed by atoms with E-state index in [4.69, 9.17) is 12.2 Å². The van der Waals surface area contributed by atoms with Crippen LogP contribution in [0.2, 0.25) is 0 Å². The lowest BCUT2D eigenvalue weighted by molar-refractivity contribution is 0.111. The first-order valence-electron chi connectivity index (χ1n) is 9.04. The van der Waals surface area contributed by atoms with Gasteiger partial charge in [0.05, 0.1) is 6.21 Å². The number of aliphatic hydroxyl groups is 1. The van der Waals surface area contributed by atoms with Crippen molar-refractivity contribution in [2.45, 2.75) is 5.60 Å². The summed E-state index contributed by atoms with van der Waals surface area (Å²) in [5.41, 5.74) is 0.118. The lowest BCUT2D eigenvalue weighted by Gasteiger charge is -2.27. The number of aromatic nitrogens is 3. The molecule has 0 aliphatic heterocycles. The van der Waals surface area contributed by atoms with Crippen LogP contribution < -0.4 is 0 Å². The predicted molar refractivity (Wildman–Crippen MR) is 121 cm³/mol. The Morgan fingerprint density at radius 3 is 2.20 bits per heavy atom. The summed E-state index contributed by atoms with van der Waals surface area (Å²) in [6.07, 6.45) is 1.46. The Bertz CT molecular complexity index is 1210. The molecular formula is C22H17BrN4O2S. The van der Waals surface area contributed by atoms with Crippen LogP contribution in [0.3, 0.4) is 0 Å². The Morgan fingerprint density at radius 2 is 1.60 bits per heavy atom. The largest absolute Gasteiger partial charge is 0.507 e. The minimum absolute atomic E-state index is 0.0693. The summed E-state index contributed by atoms with van der Waals surface area (Å²) in [4.78, 5) is 0. The zero-order valence-corrected chi connectivity index (χ0v) is 18.0. The number of aromatic hydroxyl groups is 1. The van der Waals surface area contributed by atoms with Gasteiger partial charge in [-0.25, -0.2) is 5.10 Å². The van der Waals surface area contributed by atoms with Crippen LogP contribution in [0.15, 0.2) is 88.4 Å². The second-order valence-electron chi connectivity index (χ2n) is 6.55. The Kier molecular flexibility index (Phi) is 5.63. The number of halogens is 1. The molecule has 0 radical (unpaired) electrons. The van der Waals surface area contributed by atoms with Gasteiger partial charge in [0.25, 0.3) is 0 Å². The summed E-state index contributed by atoms with van der Waals surface area (Å²) < 4.78 is 2.36. The van der Waals surface area contributed by atoms with E-state index < -0.39 is 5.60 Å².